The second kappa shape index (κ2) is 7.24. The fourth-order valence-electron chi connectivity index (χ4n) is 2.13. The fourth-order valence-corrected chi connectivity index (χ4v) is 3.54. The van der Waals surface area contributed by atoms with Crippen LogP contribution in [0.4, 0.5) is 4.39 Å². The Morgan fingerprint density at radius 3 is 3.15 bits per heavy atom. The molecular weight excluding hydrogens is 303 g/mol. The van der Waals surface area contributed by atoms with E-state index in [1.54, 1.807) is 23.8 Å². The lowest BCUT2D eigenvalue weighted by atomic mass is 10.1. The average molecular weight is 319 g/mol. The first-order valence-corrected chi connectivity index (χ1v) is 7.85. The number of carbonyl (C=O) groups excluding carboxylic acids is 1. The summed E-state index contributed by atoms with van der Waals surface area (Å²) in [4.78, 5) is 18.0. The van der Waals surface area contributed by atoms with Crippen molar-refractivity contribution in [2.45, 2.75) is 12.5 Å². The van der Waals surface area contributed by atoms with Crippen molar-refractivity contribution < 1.29 is 13.9 Å². The predicted molar refractivity (Wildman–Crippen MR) is 77.8 cm³/mol. The van der Waals surface area contributed by atoms with Gasteiger partial charge in [-0.1, -0.05) is 11.6 Å². The number of nitrogens with zero attached hydrogens (tertiary/aromatic N) is 2. The van der Waals surface area contributed by atoms with Crippen LogP contribution in [0.25, 0.3) is 0 Å². The maximum Gasteiger partial charge on any atom is 0.257 e. The van der Waals surface area contributed by atoms with Gasteiger partial charge in [-0.15, -0.1) is 0 Å². The van der Waals surface area contributed by atoms with Crippen LogP contribution < -0.4 is 0 Å². The van der Waals surface area contributed by atoms with Crippen LogP contribution in [-0.2, 0) is 4.74 Å². The number of amides is 1. The van der Waals surface area contributed by atoms with Crippen molar-refractivity contribution in [3.05, 3.63) is 28.8 Å². The Morgan fingerprint density at radius 1 is 1.70 bits per heavy atom. The zero-order chi connectivity index (χ0) is 14.5. The zero-order valence-electron chi connectivity index (χ0n) is 11.1. The third-order valence-corrected chi connectivity index (χ3v) is 4.63. The van der Waals surface area contributed by atoms with Crippen LogP contribution in [-0.4, -0.2) is 53.6 Å². The van der Waals surface area contributed by atoms with E-state index in [2.05, 4.69) is 4.98 Å². The molecule has 1 fully saturated rings. The van der Waals surface area contributed by atoms with Crippen molar-refractivity contribution in [3.63, 3.8) is 0 Å². The number of hydrogen-bond acceptors (Lipinski definition) is 4. The first-order chi connectivity index (χ1) is 9.63. The van der Waals surface area contributed by atoms with E-state index in [1.807, 2.05) is 0 Å². The van der Waals surface area contributed by atoms with Gasteiger partial charge in [0.15, 0.2) is 0 Å². The van der Waals surface area contributed by atoms with Crippen LogP contribution in [0.15, 0.2) is 12.3 Å². The van der Waals surface area contributed by atoms with Gasteiger partial charge >= 0.3 is 0 Å². The molecule has 0 aromatic carbocycles. The lowest BCUT2D eigenvalue weighted by molar-refractivity contribution is 0.0624. The van der Waals surface area contributed by atoms with Gasteiger partial charge in [-0.3, -0.25) is 4.79 Å². The topological polar surface area (TPSA) is 42.4 Å². The van der Waals surface area contributed by atoms with Crippen molar-refractivity contribution >= 4 is 29.3 Å². The first kappa shape index (κ1) is 15.5. The van der Waals surface area contributed by atoms with Gasteiger partial charge in [-0.2, -0.15) is 11.8 Å². The summed E-state index contributed by atoms with van der Waals surface area (Å²) in [5, 5.41) is 0.0319. The van der Waals surface area contributed by atoms with Crippen LogP contribution in [0.5, 0.6) is 0 Å². The molecule has 0 aliphatic carbocycles. The molecule has 110 valence electrons. The Balaban J connectivity index is 2.22. The molecule has 7 heteroatoms. The van der Waals surface area contributed by atoms with Gasteiger partial charge in [-0.25, -0.2) is 9.37 Å². The summed E-state index contributed by atoms with van der Waals surface area (Å²) >= 11 is 7.72. The molecule has 1 aliphatic rings. The van der Waals surface area contributed by atoms with E-state index >= 15 is 0 Å². The van der Waals surface area contributed by atoms with Gasteiger partial charge < -0.3 is 9.64 Å². The molecule has 0 saturated carbocycles. The van der Waals surface area contributed by atoms with Crippen molar-refractivity contribution in [2.24, 2.45) is 0 Å². The minimum atomic E-state index is -0.565. The van der Waals surface area contributed by atoms with Crippen molar-refractivity contribution in [1.82, 2.24) is 9.88 Å². The summed E-state index contributed by atoms with van der Waals surface area (Å²) in [6.45, 7) is 0.903. The van der Waals surface area contributed by atoms with Gasteiger partial charge in [0.25, 0.3) is 5.91 Å². The van der Waals surface area contributed by atoms with Crippen LogP contribution in [0.3, 0.4) is 0 Å². The van der Waals surface area contributed by atoms with E-state index in [-0.39, 0.29) is 22.7 Å². The SMILES string of the molecule is COCCN(C(=O)c1cc(F)cnc1Cl)C1CCSC1. The maximum atomic E-state index is 13.3. The molecule has 1 saturated heterocycles. The van der Waals surface area contributed by atoms with Gasteiger partial charge in [0, 0.05) is 25.4 Å². The summed E-state index contributed by atoms with van der Waals surface area (Å²) in [5.74, 6) is 1.06. The van der Waals surface area contributed by atoms with E-state index < -0.39 is 5.82 Å². The van der Waals surface area contributed by atoms with E-state index in [0.717, 1.165) is 30.2 Å². The lowest BCUT2D eigenvalue weighted by Crippen LogP contribution is -2.42. The third-order valence-electron chi connectivity index (χ3n) is 3.18. The van der Waals surface area contributed by atoms with E-state index in [9.17, 15) is 9.18 Å². The molecule has 1 unspecified atom stereocenters. The molecule has 1 atom stereocenters. The number of aromatic nitrogens is 1. The molecule has 1 aromatic heterocycles. The Hall–Kier alpha value is -0.850. The van der Waals surface area contributed by atoms with Gasteiger partial charge in [-0.05, 0) is 18.2 Å². The fraction of sp³-hybridized carbons (Fsp3) is 0.538. The summed E-state index contributed by atoms with van der Waals surface area (Å²) in [5.41, 5.74) is 0.111. The molecule has 0 radical (unpaired) electrons. The molecule has 20 heavy (non-hydrogen) atoms. The predicted octanol–water partition coefficient (Wildman–Crippen LogP) is 2.47. The number of thioether (sulfide) groups is 1. The average Bonchev–Trinajstić information content (AvgIpc) is 2.95. The van der Waals surface area contributed by atoms with Crippen LogP contribution in [0, 0.1) is 5.82 Å². The molecule has 4 nitrogen and oxygen atoms in total. The molecule has 1 amide bonds. The first-order valence-electron chi connectivity index (χ1n) is 6.32. The largest absolute Gasteiger partial charge is 0.383 e. The Labute approximate surface area is 126 Å². The van der Waals surface area contributed by atoms with Gasteiger partial charge in [0.2, 0.25) is 0 Å². The van der Waals surface area contributed by atoms with Crippen LogP contribution in [0.2, 0.25) is 5.15 Å². The highest BCUT2D eigenvalue weighted by Gasteiger charge is 2.29. The smallest absolute Gasteiger partial charge is 0.257 e. The number of hydrogen-bond donors (Lipinski definition) is 0. The number of rotatable bonds is 5. The molecule has 1 aromatic rings. The summed E-state index contributed by atoms with van der Waals surface area (Å²) in [6.07, 6.45) is 1.94. The number of pyridine rings is 1. The highest BCUT2D eigenvalue weighted by molar-refractivity contribution is 7.99. The Bertz CT molecular complexity index is 483. The lowest BCUT2D eigenvalue weighted by Gasteiger charge is -2.28. The minimum absolute atomic E-state index is 0.0319. The molecular formula is C13H16ClFN2O2S. The second-order valence-electron chi connectivity index (χ2n) is 4.50. The highest BCUT2D eigenvalue weighted by atomic mass is 35.5. The Morgan fingerprint density at radius 2 is 2.50 bits per heavy atom. The molecule has 0 spiro atoms. The zero-order valence-corrected chi connectivity index (χ0v) is 12.7. The standard InChI is InChI=1S/C13H16ClFN2O2S/c1-19-4-3-17(10-2-5-20-8-10)13(18)11-6-9(15)7-16-12(11)14/h6-7,10H,2-5,8H2,1H3. The van der Waals surface area contributed by atoms with E-state index in [1.165, 1.54) is 0 Å². The van der Waals surface area contributed by atoms with E-state index in [4.69, 9.17) is 16.3 Å². The summed E-state index contributed by atoms with van der Waals surface area (Å²) < 4.78 is 18.3. The van der Waals surface area contributed by atoms with Crippen molar-refractivity contribution in [3.8, 4) is 0 Å². The molecule has 1 aliphatic heterocycles. The van der Waals surface area contributed by atoms with Gasteiger partial charge in [0.1, 0.15) is 11.0 Å². The molecule has 0 bridgehead atoms. The number of halogens is 2. The van der Waals surface area contributed by atoms with Crippen molar-refractivity contribution in [1.29, 1.82) is 0 Å². The Kier molecular flexibility index (Phi) is 5.63. The maximum absolute atomic E-state index is 13.3. The summed E-state index contributed by atoms with van der Waals surface area (Å²) in [6, 6.07) is 1.28. The molecule has 2 rings (SSSR count). The monoisotopic (exact) mass is 318 g/mol. The van der Waals surface area contributed by atoms with Crippen LogP contribution >= 0.6 is 23.4 Å². The quantitative estimate of drug-likeness (QED) is 0.782. The molecule has 0 N–H and O–H groups in total. The van der Waals surface area contributed by atoms with E-state index in [0.29, 0.717) is 13.2 Å². The third kappa shape index (κ3) is 3.62. The summed E-state index contributed by atoms with van der Waals surface area (Å²) in [7, 11) is 1.59. The minimum Gasteiger partial charge on any atom is -0.383 e. The number of ether oxygens (including phenoxy) is 1. The van der Waals surface area contributed by atoms with Crippen molar-refractivity contribution in [2.75, 3.05) is 31.8 Å². The second-order valence-corrected chi connectivity index (χ2v) is 6.01. The number of methoxy groups -OCH3 is 1. The molecule has 2 heterocycles. The van der Waals surface area contributed by atoms with Gasteiger partial charge in [0.05, 0.1) is 18.4 Å². The number of carbonyl (C=O) groups is 1. The highest BCUT2D eigenvalue weighted by Crippen LogP contribution is 2.25. The normalized spacial score (nSPS) is 18.2. The van der Waals surface area contributed by atoms with Crippen LogP contribution in [0.1, 0.15) is 16.8 Å².